The van der Waals surface area contributed by atoms with E-state index in [1.165, 1.54) is 0 Å². The first-order valence-electron chi connectivity index (χ1n) is 6.95. The van der Waals surface area contributed by atoms with Crippen LogP contribution in [0.25, 0.3) is 5.69 Å². The topological polar surface area (TPSA) is 43.6 Å². The maximum Gasteiger partial charge on any atom is 0.214 e. The van der Waals surface area contributed by atoms with Crippen LogP contribution in [0.15, 0.2) is 65.8 Å². The van der Waals surface area contributed by atoms with Crippen LogP contribution in [0.4, 0.5) is 0 Å². The summed E-state index contributed by atoms with van der Waals surface area (Å²) in [6, 6.07) is 19.9. The van der Waals surface area contributed by atoms with Crippen molar-refractivity contribution in [1.82, 2.24) is 20.2 Å². The Hall–Kier alpha value is -1.85. The molecule has 0 amide bonds. The third kappa shape index (κ3) is 3.31. The summed E-state index contributed by atoms with van der Waals surface area (Å²) in [5.41, 5.74) is 2.04. The van der Waals surface area contributed by atoms with Gasteiger partial charge in [0.05, 0.1) is 11.1 Å². The van der Waals surface area contributed by atoms with E-state index in [9.17, 15) is 0 Å². The van der Waals surface area contributed by atoms with Crippen molar-refractivity contribution >= 4 is 23.4 Å². The largest absolute Gasteiger partial charge is 0.214 e. The van der Waals surface area contributed by atoms with Crippen molar-refractivity contribution in [3.05, 3.63) is 66.2 Å². The molecule has 0 saturated carbocycles. The SMILES string of the molecule is CC(Sc1nnnn1-c1ccccc1)C(Cl)c1ccccc1. The van der Waals surface area contributed by atoms with Gasteiger partial charge in [0.1, 0.15) is 0 Å². The van der Waals surface area contributed by atoms with E-state index in [0.29, 0.717) is 0 Å². The van der Waals surface area contributed by atoms with E-state index in [-0.39, 0.29) is 10.6 Å². The fourth-order valence-electron chi connectivity index (χ4n) is 2.12. The fraction of sp³-hybridized carbons (Fsp3) is 0.188. The predicted octanol–water partition coefficient (Wildman–Crippen LogP) is 4.12. The minimum Gasteiger partial charge on any atom is -0.188 e. The number of halogens is 1. The van der Waals surface area contributed by atoms with Crippen LogP contribution >= 0.6 is 23.4 Å². The molecule has 2 aromatic carbocycles. The van der Waals surface area contributed by atoms with Crippen LogP contribution in [-0.2, 0) is 0 Å². The number of nitrogens with zero attached hydrogens (tertiary/aromatic N) is 4. The Kier molecular flexibility index (Phi) is 4.75. The van der Waals surface area contributed by atoms with Gasteiger partial charge >= 0.3 is 0 Å². The van der Waals surface area contributed by atoms with Gasteiger partial charge < -0.3 is 0 Å². The molecule has 1 aromatic heterocycles. The highest BCUT2D eigenvalue weighted by Gasteiger charge is 2.21. The van der Waals surface area contributed by atoms with E-state index in [1.54, 1.807) is 16.4 Å². The Morgan fingerprint density at radius 3 is 2.32 bits per heavy atom. The van der Waals surface area contributed by atoms with Gasteiger partial charge in [-0.05, 0) is 28.1 Å². The first-order chi connectivity index (χ1) is 10.8. The van der Waals surface area contributed by atoms with Crippen molar-refractivity contribution in [2.24, 2.45) is 0 Å². The third-order valence-electron chi connectivity index (χ3n) is 3.26. The summed E-state index contributed by atoms with van der Waals surface area (Å²) in [5, 5.41) is 12.7. The van der Waals surface area contributed by atoms with Crippen LogP contribution in [-0.4, -0.2) is 25.5 Å². The molecule has 0 bridgehead atoms. The second-order valence-electron chi connectivity index (χ2n) is 4.84. The minimum absolute atomic E-state index is 0.105. The number of para-hydroxylation sites is 1. The van der Waals surface area contributed by atoms with Gasteiger partial charge in [0.2, 0.25) is 5.16 Å². The molecule has 3 rings (SSSR count). The average Bonchev–Trinajstić information content (AvgIpc) is 3.04. The summed E-state index contributed by atoms with van der Waals surface area (Å²) in [5.74, 6) is 0. The minimum atomic E-state index is -0.105. The summed E-state index contributed by atoms with van der Waals surface area (Å²) in [7, 11) is 0. The number of benzene rings is 2. The number of hydrogen-bond acceptors (Lipinski definition) is 4. The molecule has 3 aromatic rings. The molecule has 0 N–H and O–H groups in total. The van der Waals surface area contributed by atoms with Crippen molar-refractivity contribution in [3.63, 3.8) is 0 Å². The Labute approximate surface area is 138 Å². The zero-order chi connectivity index (χ0) is 15.4. The lowest BCUT2D eigenvalue weighted by Gasteiger charge is -2.17. The fourth-order valence-corrected chi connectivity index (χ4v) is 3.35. The molecule has 0 saturated heterocycles. The summed E-state index contributed by atoms with van der Waals surface area (Å²) >= 11 is 8.14. The summed E-state index contributed by atoms with van der Waals surface area (Å²) in [6.07, 6.45) is 0. The first-order valence-corrected chi connectivity index (χ1v) is 8.27. The van der Waals surface area contributed by atoms with E-state index in [1.807, 2.05) is 60.7 Å². The maximum absolute atomic E-state index is 6.57. The number of rotatable bonds is 5. The van der Waals surface area contributed by atoms with Crippen LogP contribution in [0.3, 0.4) is 0 Å². The Morgan fingerprint density at radius 2 is 1.64 bits per heavy atom. The van der Waals surface area contributed by atoms with E-state index in [0.717, 1.165) is 16.4 Å². The molecule has 2 unspecified atom stereocenters. The van der Waals surface area contributed by atoms with Crippen LogP contribution in [0.5, 0.6) is 0 Å². The second-order valence-corrected chi connectivity index (χ2v) is 6.66. The third-order valence-corrected chi connectivity index (χ3v) is 5.15. The Morgan fingerprint density at radius 1 is 1.00 bits per heavy atom. The second kappa shape index (κ2) is 6.94. The Bertz CT molecular complexity index is 717. The summed E-state index contributed by atoms with van der Waals surface area (Å²) in [4.78, 5) is 0. The zero-order valence-corrected chi connectivity index (χ0v) is 13.6. The molecule has 0 aliphatic heterocycles. The summed E-state index contributed by atoms with van der Waals surface area (Å²) in [6.45, 7) is 2.08. The number of alkyl halides is 1. The smallest absolute Gasteiger partial charge is 0.188 e. The van der Waals surface area contributed by atoms with Gasteiger partial charge in [-0.2, -0.15) is 4.68 Å². The van der Waals surface area contributed by atoms with Gasteiger partial charge in [0.15, 0.2) is 0 Å². The maximum atomic E-state index is 6.57. The van der Waals surface area contributed by atoms with Crippen LogP contribution < -0.4 is 0 Å². The van der Waals surface area contributed by atoms with Crippen molar-refractivity contribution in [1.29, 1.82) is 0 Å². The van der Waals surface area contributed by atoms with Crippen molar-refractivity contribution in [3.8, 4) is 5.69 Å². The van der Waals surface area contributed by atoms with E-state index in [2.05, 4.69) is 22.4 Å². The van der Waals surface area contributed by atoms with Crippen molar-refractivity contribution in [2.75, 3.05) is 0 Å². The molecule has 2 atom stereocenters. The molecule has 112 valence electrons. The van der Waals surface area contributed by atoms with Crippen molar-refractivity contribution in [2.45, 2.75) is 22.7 Å². The first kappa shape index (κ1) is 15.1. The molecule has 0 spiro atoms. The van der Waals surface area contributed by atoms with Gasteiger partial charge in [-0.15, -0.1) is 16.7 Å². The average molecular weight is 331 g/mol. The van der Waals surface area contributed by atoms with Gasteiger partial charge in [-0.25, -0.2) is 0 Å². The molecule has 0 fully saturated rings. The van der Waals surface area contributed by atoms with Crippen LogP contribution in [0.2, 0.25) is 0 Å². The van der Waals surface area contributed by atoms with Gasteiger partial charge in [-0.3, -0.25) is 0 Å². The van der Waals surface area contributed by atoms with Crippen LogP contribution in [0.1, 0.15) is 17.9 Å². The number of tetrazole rings is 1. The van der Waals surface area contributed by atoms with Crippen LogP contribution in [0, 0.1) is 0 Å². The van der Waals surface area contributed by atoms with Gasteiger partial charge in [0.25, 0.3) is 0 Å². The highest BCUT2D eigenvalue weighted by Crippen LogP contribution is 2.35. The molecule has 1 heterocycles. The monoisotopic (exact) mass is 330 g/mol. The van der Waals surface area contributed by atoms with E-state index < -0.39 is 0 Å². The molecule has 6 heteroatoms. The summed E-state index contributed by atoms with van der Waals surface area (Å²) < 4.78 is 1.73. The molecule has 0 radical (unpaired) electrons. The number of thioether (sulfide) groups is 1. The normalized spacial score (nSPS) is 13.7. The molecule has 0 aliphatic carbocycles. The lowest BCUT2D eigenvalue weighted by Crippen LogP contribution is -2.08. The standard InChI is InChI=1S/C16H15ClN4S/c1-12(15(17)13-8-4-2-5-9-13)22-16-18-19-20-21(16)14-10-6-3-7-11-14/h2-12,15H,1H3. The molecule has 22 heavy (non-hydrogen) atoms. The highest BCUT2D eigenvalue weighted by atomic mass is 35.5. The Balaban J connectivity index is 1.78. The molecular formula is C16H15ClN4S. The van der Waals surface area contributed by atoms with Gasteiger partial charge in [-0.1, -0.05) is 67.2 Å². The molecule has 4 nitrogen and oxygen atoms in total. The zero-order valence-electron chi connectivity index (χ0n) is 12.0. The number of hydrogen-bond donors (Lipinski definition) is 0. The lowest BCUT2D eigenvalue weighted by molar-refractivity contribution is 0.753. The molecular weight excluding hydrogens is 316 g/mol. The van der Waals surface area contributed by atoms with E-state index >= 15 is 0 Å². The van der Waals surface area contributed by atoms with Crippen molar-refractivity contribution < 1.29 is 0 Å². The lowest BCUT2D eigenvalue weighted by atomic mass is 10.1. The number of aromatic nitrogens is 4. The predicted molar refractivity (Wildman–Crippen MR) is 89.5 cm³/mol. The van der Waals surface area contributed by atoms with Gasteiger partial charge in [0, 0.05) is 5.25 Å². The highest BCUT2D eigenvalue weighted by molar-refractivity contribution is 7.99. The quantitative estimate of drug-likeness (QED) is 0.521. The van der Waals surface area contributed by atoms with E-state index in [4.69, 9.17) is 11.6 Å². The molecule has 0 aliphatic rings.